The first-order valence-electron chi connectivity index (χ1n) is 6.91. The zero-order valence-corrected chi connectivity index (χ0v) is 11.1. The van der Waals surface area contributed by atoms with Crippen LogP contribution in [0.25, 0.3) is 0 Å². The second-order valence-electron chi connectivity index (χ2n) is 5.44. The van der Waals surface area contributed by atoms with E-state index in [1.807, 2.05) is 36.4 Å². The lowest BCUT2D eigenvalue weighted by atomic mass is 9.93. The monoisotopic (exact) mass is 250 g/mol. The summed E-state index contributed by atoms with van der Waals surface area (Å²) in [6, 6.07) is 20.2. The van der Waals surface area contributed by atoms with Crippen LogP contribution in [0, 0.1) is 11.8 Å². The van der Waals surface area contributed by atoms with Crippen molar-refractivity contribution in [2.75, 3.05) is 0 Å². The first-order valence-corrected chi connectivity index (χ1v) is 6.91. The lowest BCUT2D eigenvalue weighted by Crippen LogP contribution is -2.06. The van der Waals surface area contributed by atoms with E-state index in [0.717, 1.165) is 12.0 Å². The molecule has 0 radical (unpaired) electrons. The molecule has 0 bridgehead atoms. The molecule has 19 heavy (non-hydrogen) atoms. The van der Waals surface area contributed by atoms with Crippen LogP contribution in [0.4, 0.5) is 0 Å². The van der Waals surface area contributed by atoms with E-state index in [4.69, 9.17) is 0 Å². The van der Waals surface area contributed by atoms with E-state index in [-0.39, 0.29) is 5.92 Å². The molecule has 1 nitrogen and oxygen atoms in total. The van der Waals surface area contributed by atoms with Crippen molar-refractivity contribution < 1.29 is 4.79 Å². The van der Waals surface area contributed by atoms with Gasteiger partial charge in [-0.1, -0.05) is 67.6 Å². The van der Waals surface area contributed by atoms with Gasteiger partial charge in [0.15, 0.2) is 5.78 Å². The van der Waals surface area contributed by atoms with Gasteiger partial charge in [-0.15, -0.1) is 0 Å². The van der Waals surface area contributed by atoms with Crippen LogP contribution >= 0.6 is 0 Å². The highest BCUT2D eigenvalue weighted by atomic mass is 16.1. The normalized spacial score (nSPS) is 22.8. The maximum atomic E-state index is 12.4. The number of rotatable bonds is 4. The molecule has 3 rings (SSSR count). The Bertz CT molecular complexity index is 559. The minimum Gasteiger partial charge on any atom is -0.294 e. The number of hydrogen-bond donors (Lipinski definition) is 0. The van der Waals surface area contributed by atoms with Gasteiger partial charge in [-0.2, -0.15) is 0 Å². The van der Waals surface area contributed by atoms with E-state index in [0.29, 0.717) is 17.6 Å². The molecule has 96 valence electrons. The predicted octanol–water partition coefficient (Wildman–Crippen LogP) is 4.31. The van der Waals surface area contributed by atoms with Crippen LogP contribution in [-0.4, -0.2) is 5.78 Å². The molecular formula is C18H18O. The summed E-state index contributed by atoms with van der Waals surface area (Å²) in [5.74, 6) is 1.51. The first-order chi connectivity index (χ1) is 9.27. The Morgan fingerprint density at radius 2 is 1.58 bits per heavy atom. The van der Waals surface area contributed by atoms with E-state index in [1.54, 1.807) is 0 Å². The maximum Gasteiger partial charge on any atom is 0.166 e. The topological polar surface area (TPSA) is 17.1 Å². The second kappa shape index (κ2) is 5.00. The Labute approximate surface area is 114 Å². The third-order valence-electron chi connectivity index (χ3n) is 4.20. The van der Waals surface area contributed by atoms with Crippen LogP contribution in [-0.2, 0) is 0 Å². The van der Waals surface area contributed by atoms with E-state index < -0.39 is 0 Å². The van der Waals surface area contributed by atoms with Crippen molar-refractivity contribution in [3.8, 4) is 0 Å². The number of Topliss-reactive ketones (excluding diaryl/α,β-unsaturated/α-hetero) is 1. The highest BCUT2D eigenvalue weighted by Crippen LogP contribution is 2.49. The maximum absolute atomic E-state index is 12.4. The molecule has 1 fully saturated rings. The highest BCUT2D eigenvalue weighted by Gasteiger charge is 2.46. The van der Waals surface area contributed by atoms with Crippen molar-refractivity contribution >= 4 is 5.78 Å². The fourth-order valence-corrected chi connectivity index (χ4v) is 2.89. The molecule has 0 heterocycles. The van der Waals surface area contributed by atoms with Crippen LogP contribution in [0.1, 0.15) is 35.2 Å². The molecule has 2 aromatic carbocycles. The van der Waals surface area contributed by atoms with Crippen molar-refractivity contribution in [3.63, 3.8) is 0 Å². The predicted molar refractivity (Wildman–Crippen MR) is 77.2 cm³/mol. The Kier molecular flexibility index (Phi) is 3.20. The molecule has 3 atom stereocenters. The van der Waals surface area contributed by atoms with Gasteiger partial charge in [-0.05, 0) is 23.8 Å². The summed E-state index contributed by atoms with van der Waals surface area (Å²) in [6.45, 7) is 2.23. The second-order valence-corrected chi connectivity index (χ2v) is 5.44. The molecule has 3 unspecified atom stereocenters. The van der Waals surface area contributed by atoms with Gasteiger partial charge in [0, 0.05) is 11.5 Å². The Balaban J connectivity index is 1.70. The summed E-state index contributed by atoms with van der Waals surface area (Å²) in [5.41, 5.74) is 2.20. The molecule has 1 aliphatic carbocycles. The quantitative estimate of drug-likeness (QED) is 0.739. The average Bonchev–Trinajstić information content (AvgIpc) is 3.28. The van der Waals surface area contributed by atoms with Gasteiger partial charge < -0.3 is 0 Å². The molecule has 2 aromatic rings. The minimum atomic E-state index is 0.220. The van der Waals surface area contributed by atoms with Crippen molar-refractivity contribution in [2.24, 2.45) is 11.8 Å². The minimum absolute atomic E-state index is 0.220. The molecule has 0 amide bonds. The molecule has 1 aliphatic rings. The van der Waals surface area contributed by atoms with Crippen LogP contribution < -0.4 is 0 Å². The molecule has 0 spiro atoms. The van der Waals surface area contributed by atoms with Gasteiger partial charge in [-0.3, -0.25) is 4.79 Å². The van der Waals surface area contributed by atoms with Crippen molar-refractivity contribution in [3.05, 3.63) is 71.8 Å². The van der Waals surface area contributed by atoms with E-state index in [9.17, 15) is 4.79 Å². The van der Waals surface area contributed by atoms with Crippen LogP contribution in [0.2, 0.25) is 0 Å². The van der Waals surface area contributed by atoms with E-state index in [2.05, 4.69) is 31.2 Å². The van der Waals surface area contributed by atoms with Gasteiger partial charge in [0.25, 0.3) is 0 Å². The van der Waals surface area contributed by atoms with Crippen LogP contribution in [0.5, 0.6) is 0 Å². The summed E-state index contributed by atoms with van der Waals surface area (Å²) >= 11 is 0. The Hall–Kier alpha value is -1.89. The first kappa shape index (κ1) is 12.2. The fourth-order valence-electron chi connectivity index (χ4n) is 2.89. The van der Waals surface area contributed by atoms with Gasteiger partial charge in [-0.25, -0.2) is 0 Å². The van der Waals surface area contributed by atoms with Gasteiger partial charge in [0.1, 0.15) is 0 Å². The average molecular weight is 250 g/mol. The molecule has 1 heteroatoms. The summed E-state index contributed by atoms with van der Waals surface area (Å²) in [5, 5.41) is 0. The number of hydrogen-bond acceptors (Lipinski definition) is 1. The molecular weight excluding hydrogens is 232 g/mol. The largest absolute Gasteiger partial charge is 0.294 e. The summed E-state index contributed by atoms with van der Waals surface area (Å²) in [6.07, 6.45) is 1.03. The zero-order valence-electron chi connectivity index (χ0n) is 11.1. The van der Waals surface area contributed by atoms with Gasteiger partial charge in [0.05, 0.1) is 0 Å². The smallest absolute Gasteiger partial charge is 0.166 e. The van der Waals surface area contributed by atoms with E-state index >= 15 is 0 Å². The SMILES string of the molecule is CC(c1ccccc1)C1CC1C(=O)c1ccccc1. The standard InChI is InChI=1S/C18H18O/c1-13(14-8-4-2-5-9-14)16-12-17(16)18(19)15-10-6-3-7-11-15/h2-11,13,16-17H,12H2,1H3. The van der Waals surface area contributed by atoms with Gasteiger partial charge in [0.2, 0.25) is 0 Å². The third kappa shape index (κ3) is 2.46. The van der Waals surface area contributed by atoms with Crippen molar-refractivity contribution in [1.82, 2.24) is 0 Å². The third-order valence-corrected chi connectivity index (χ3v) is 4.20. The summed E-state index contributed by atoms with van der Waals surface area (Å²) in [7, 11) is 0. The molecule has 0 aliphatic heterocycles. The Morgan fingerprint density at radius 3 is 2.21 bits per heavy atom. The number of carbonyl (C=O) groups is 1. The summed E-state index contributed by atoms with van der Waals surface area (Å²) in [4.78, 5) is 12.4. The molecule has 0 N–H and O–H groups in total. The van der Waals surface area contributed by atoms with Crippen molar-refractivity contribution in [2.45, 2.75) is 19.3 Å². The van der Waals surface area contributed by atoms with Crippen molar-refractivity contribution in [1.29, 1.82) is 0 Å². The van der Waals surface area contributed by atoms with Crippen LogP contribution in [0.15, 0.2) is 60.7 Å². The lowest BCUT2D eigenvalue weighted by molar-refractivity contribution is 0.0959. The Morgan fingerprint density at radius 1 is 1.00 bits per heavy atom. The van der Waals surface area contributed by atoms with Gasteiger partial charge >= 0.3 is 0 Å². The molecule has 0 aromatic heterocycles. The van der Waals surface area contributed by atoms with Crippen LogP contribution in [0.3, 0.4) is 0 Å². The lowest BCUT2D eigenvalue weighted by Gasteiger charge is -2.11. The summed E-state index contributed by atoms with van der Waals surface area (Å²) < 4.78 is 0. The highest BCUT2D eigenvalue weighted by molar-refractivity contribution is 5.99. The molecule has 0 saturated heterocycles. The number of benzene rings is 2. The number of ketones is 1. The fraction of sp³-hybridized carbons (Fsp3) is 0.278. The van der Waals surface area contributed by atoms with E-state index in [1.165, 1.54) is 5.56 Å². The zero-order chi connectivity index (χ0) is 13.2. The molecule has 1 saturated carbocycles. The number of carbonyl (C=O) groups excluding carboxylic acids is 1.